The monoisotopic (exact) mass is 336 g/mol. The number of hydrogen-bond donors (Lipinski definition) is 2. The standard InChI is InChI=1S/C17H21FN2O4/c1-20-14(21)10-13(16(20)11-5-7-12(18)8-6-11)17(24)19-9-3-2-4-15(22)23/h5-8,13,16H,2-4,9-10H2,1H3,(H,19,24)(H,22,23). The summed E-state index contributed by atoms with van der Waals surface area (Å²) in [5, 5.41) is 11.3. The zero-order valence-electron chi connectivity index (χ0n) is 13.5. The summed E-state index contributed by atoms with van der Waals surface area (Å²) in [6.07, 6.45) is 1.23. The van der Waals surface area contributed by atoms with Gasteiger partial charge in [0.2, 0.25) is 11.8 Å². The first-order valence-electron chi connectivity index (χ1n) is 7.90. The molecule has 0 saturated carbocycles. The summed E-state index contributed by atoms with van der Waals surface area (Å²) < 4.78 is 13.1. The van der Waals surface area contributed by atoms with E-state index in [0.717, 1.165) is 5.56 Å². The molecule has 1 aromatic carbocycles. The SMILES string of the molecule is CN1C(=O)CC(C(=O)NCCCCC(=O)O)C1c1ccc(F)cc1. The summed E-state index contributed by atoms with van der Waals surface area (Å²) in [7, 11) is 1.64. The predicted molar refractivity (Wildman–Crippen MR) is 84.5 cm³/mol. The molecule has 2 rings (SSSR count). The molecule has 7 heteroatoms. The number of carbonyl (C=O) groups excluding carboxylic acids is 2. The van der Waals surface area contributed by atoms with Gasteiger partial charge in [-0.25, -0.2) is 4.39 Å². The van der Waals surface area contributed by atoms with Gasteiger partial charge in [0.15, 0.2) is 0 Å². The number of unbranched alkanes of at least 4 members (excludes halogenated alkanes) is 1. The highest BCUT2D eigenvalue weighted by atomic mass is 19.1. The van der Waals surface area contributed by atoms with E-state index in [1.165, 1.54) is 17.0 Å². The second-order valence-electron chi connectivity index (χ2n) is 5.95. The Morgan fingerprint density at radius 1 is 1.29 bits per heavy atom. The summed E-state index contributed by atoms with van der Waals surface area (Å²) >= 11 is 0. The number of likely N-dealkylation sites (tertiary alicyclic amines) is 1. The van der Waals surface area contributed by atoms with E-state index in [-0.39, 0.29) is 30.5 Å². The molecular formula is C17H21FN2O4. The fraction of sp³-hybridized carbons (Fsp3) is 0.471. The van der Waals surface area contributed by atoms with Gasteiger partial charge in [0.1, 0.15) is 5.82 Å². The molecule has 6 nitrogen and oxygen atoms in total. The van der Waals surface area contributed by atoms with Crippen molar-refractivity contribution < 1.29 is 23.9 Å². The minimum Gasteiger partial charge on any atom is -0.481 e. The van der Waals surface area contributed by atoms with E-state index in [0.29, 0.717) is 19.4 Å². The lowest BCUT2D eigenvalue weighted by Gasteiger charge is -2.25. The average molecular weight is 336 g/mol. The van der Waals surface area contributed by atoms with Crippen LogP contribution in [0.25, 0.3) is 0 Å². The van der Waals surface area contributed by atoms with Crippen molar-refractivity contribution in [2.45, 2.75) is 31.7 Å². The van der Waals surface area contributed by atoms with Gasteiger partial charge in [-0.2, -0.15) is 0 Å². The molecule has 130 valence electrons. The van der Waals surface area contributed by atoms with Crippen LogP contribution in [0.5, 0.6) is 0 Å². The summed E-state index contributed by atoms with van der Waals surface area (Å²) in [5.41, 5.74) is 0.718. The minimum atomic E-state index is -0.860. The van der Waals surface area contributed by atoms with Crippen molar-refractivity contribution in [1.29, 1.82) is 0 Å². The Hall–Kier alpha value is -2.44. The predicted octanol–water partition coefficient (Wildman–Crippen LogP) is 1.72. The number of rotatable bonds is 7. The third-order valence-electron chi connectivity index (χ3n) is 4.25. The topological polar surface area (TPSA) is 86.7 Å². The molecule has 24 heavy (non-hydrogen) atoms. The van der Waals surface area contributed by atoms with Crippen molar-refractivity contribution in [2.24, 2.45) is 5.92 Å². The van der Waals surface area contributed by atoms with Crippen LogP contribution in [-0.4, -0.2) is 41.4 Å². The third-order valence-corrected chi connectivity index (χ3v) is 4.25. The van der Waals surface area contributed by atoms with Crippen molar-refractivity contribution in [3.8, 4) is 0 Å². The van der Waals surface area contributed by atoms with Gasteiger partial charge in [0.05, 0.1) is 12.0 Å². The first-order chi connectivity index (χ1) is 11.4. The van der Waals surface area contributed by atoms with E-state index in [4.69, 9.17) is 5.11 Å². The van der Waals surface area contributed by atoms with Crippen LogP contribution in [0.4, 0.5) is 4.39 Å². The molecule has 2 N–H and O–H groups in total. The Kier molecular flexibility index (Phi) is 5.89. The van der Waals surface area contributed by atoms with Gasteiger partial charge in [-0.05, 0) is 30.5 Å². The number of hydrogen-bond acceptors (Lipinski definition) is 3. The lowest BCUT2D eigenvalue weighted by atomic mass is 9.93. The maximum Gasteiger partial charge on any atom is 0.303 e. The number of amides is 2. The van der Waals surface area contributed by atoms with E-state index < -0.39 is 17.9 Å². The molecular weight excluding hydrogens is 315 g/mol. The molecule has 1 aliphatic rings. The van der Waals surface area contributed by atoms with Gasteiger partial charge in [-0.15, -0.1) is 0 Å². The number of benzene rings is 1. The van der Waals surface area contributed by atoms with Crippen molar-refractivity contribution in [1.82, 2.24) is 10.2 Å². The minimum absolute atomic E-state index is 0.0682. The highest BCUT2D eigenvalue weighted by Crippen LogP contribution is 2.37. The van der Waals surface area contributed by atoms with E-state index in [9.17, 15) is 18.8 Å². The van der Waals surface area contributed by atoms with E-state index in [1.54, 1.807) is 19.2 Å². The second kappa shape index (κ2) is 7.90. The van der Waals surface area contributed by atoms with Crippen LogP contribution in [0, 0.1) is 11.7 Å². The zero-order chi connectivity index (χ0) is 17.7. The normalized spacial score (nSPS) is 20.2. The first kappa shape index (κ1) is 17.9. The fourth-order valence-electron chi connectivity index (χ4n) is 2.96. The highest BCUT2D eigenvalue weighted by molar-refractivity contribution is 5.90. The molecule has 2 amide bonds. The number of halogens is 1. The summed E-state index contributed by atoms with van der Waals surface area (Å²) in [6, 6.07) is 5.38. The van der Waals surface area contributed by atoms with Crippen molar-refractivity contribution in [3.05, 3.63) is 35.6 Å². The highest BCUT2D eigenvalue weighted by Gasteiger charge is 2.42. The lowest BCUT2D eigenvalue weighted by molar-refractivity contribution is -0.137. The van der Waals surface area contributed by atoms with Crippen molar-refractivity contribution in [3.63, 3.8) is 0 Å². The van der Waals surface area contributed by atoms with Crippen molar-refractivity contribution in [2.75, 3.05) is 13.6 Å². The van der Waals surface area contributed by atoms with E-state index >= 15 is 0 Å². The van der Waals surface area contributed by atoms with Crippen molar-refractivity contribution >= 4 is 17.8 Å². The van der Waals surface area contributed by atoms with Crippen LogP contribution in [0.3, 0.4) is 0 Å². The summed E-state index contributed by atoms with van der Waals surface area (Å²) in [6.45, 7) is 0.372. The van der Waals surface area contributed by atoms with Crippen LogP contribution in [0.2, 0.25) is 0 Å². The van der Waals surface area contributed by atoms with E-state index in [2.05, 4.69) is 5.32 Å². The molecule has 0 bridgehead atoms. The summed E-state index contributed by atoms with van der Waals surface area (Å²) in [4.78, 5) is 36.4. The second-order valence-corrected chi connectivity index (χ2v) is 5.95. The Balaban J connectivity index is 1.98. The largest absolute Gasteiger partial charge is 0.481 e. The third kappa shape index (κ3) is 4.31. The summed E-state index contributed by atoms with van der Waals surface area (Å²) in [5.74, 6) is -2.13. The number of carboxylic acids is 1. The van der Waals surface area contributed by atoms with Crippen LogP contribution in [-0.2, 0) is 14.4 Å². The number of nitrogens with zero attached hydrogens (tertiary/aromatic N) is 1. The molecule has 0 radical (unpaired) electrons. The number of aliphatic carboxylic acids is 1. The Bertz CT molecular complexity index is 618. The van der Waals surface area contributed by atoms with Gasteiger partial charge in [-0.1, -0.05) is 12.1 Å². The average Bonchev–Trinajstić information content (AvgIpc) is 2.83. The molecule has 2 atom stereocenters. The lowest BCUT2D eigenvalue weighted by Crippen LogP contribution is -2.35. The van der Waals surface area contributed by atoms with Gasteiger partial charge in [0.25, 0.3) is 0 Å². The molecule has 1 aliphatic heterocycles. The maximum absolute atomic E-state index is 13.1. The molecule has 1 fully saturated rings. The molecule has 1 heterocycles. The molecule has 1 aromatic rings. The van der Waals surface area contributed by atoms with Crippen LogP contribution in [0.1, 0.15) is 37.3 Å². The fourth-order valence-corrected chi connectivity index (χ4v) is 2.96. The molecule has 2 unspecified atom stereocenters. The molecule has 0 aliphatic carbocycles. The van der Waals surface area contributed by atoms with E-state index in [1.807, 2.05) is 0 Å². The number of carboxylic acid groups (broad SMARTS) is 1. The molecule has 1 saturated heterocycles. The van der Waals surface area contributed by atoms with Gasteiger partial charge in [-0.3, -0.25) is 14.4 Å². The van der Waals surface area contributed by atoms with Gasteiger partial charge < -0.3 is 15.3 Å². The smallest absolute Gasteiger partial charge is 0.303 e. The maximum atomic E-state index is 13.1. The molecule has 0 aromatic heterocycles. The van der Waals surface area contributed by atoms with Gasteiger partial charge in [0, 0.05) is 26.4 Å². The van der Waals surface area contributed by atoms with Gasteiger partial charge >= 0.3 is 5.97 Å². The zero-order valence-corrected chi connectivity index (χ0v) is 13.5. The number of nitrogens with one attached hydrogen (secondary N) is 1. The first-order valence-corrected chi connectivity index (χ1v) is 7.90. The molecule has 0 spiro atoms. The Labute approximate surface area is 139 Å². The van der Waals surface area contributed by atoms with Crippen LogP contribution < -0.4 is 5.32 Å². The van der Waals surface area contributed by atoms with Crippen LogP contribution >= 0.6 is 0 Å². The Morgan fingerprint density at radius 3 is 2.58 bits per heavy atom. The van der Waals surface area contributed by atoms with Crippen LogP contribution in [0.15, 0.2) is 24.3 Å². The Morgan fingerprint density at radius 2 is 1.96 bits per heavy atom. The number of carbonyl (C=O) groups is 3. The quantitative estimate of drug-likeness (QED) is 0.742.